The Kier molecular flexibility index (Phi) is 2.00. The predicted octanol–water partition coefficient (Wildman–Crippen LogP) is 1.23. The summed E-state index contributed by atoms with van der Waals surface area (Å²) >= 11 is 0. The largest absolute Gasteiger partial charge is 0.370 e. The topological polar surface area (TPSA) is 46.7 Å². The van der Waals surface area contributed by atoms with E-state index in [-0.39, 0.29) is 5.25 Å². The van der Waals surface area contributed by atoms with Gasteiger partial charge in [0.25, 0.3) is 0 Å². The first-order valence-electron chi connectivity index (χ1n) is 5.88. The summed E-state index contributed by atoms with van der Waals surface area (Å²) in [6, 6.07) is 0. The first-order valence-corrected chi connectivity index (χ1v) is 7.59. The molecule has 6 unspecified atom stereocenters. The van der Waals surface area contributed by atoms with Crippen LogP contribution in [0.1, 0.15) is 26.7 Å². The molecule has 0 N–H and O–H groups in total. The summed E-state index contributed by atoms with van der Waals surface area (Å²) in [5.41, 5.74) is 0. The molecular weight excluding hydrogens is 212 g/mol. The Morgan fingerprint density at radius 3 is 2.47 bits per heavy atom. The van der Waals surface area contributed by atoms with E-state index in [4.69, 9.17) is 4.74 Å². The van der Waals surface area contributed by atoms with Crippen LogP contribution in [0, 0.1) is 17.8 Å². The highest BCUT2D eigenvalue weighted by molar-refractivity contribution is 7.92. The Bertz CT molecular complexity index is 375. The van der Waals surface area contributed by atoms with Gasteiger partial charge in [0.05, 0.1) is 23.2 Å². The summed E-state index contributed by atoms with van der Waals surface area (Å²) in [5, 5.41) is -0.0566. The molecule has 3 rings (SSSR count). The molecule has 1 saturated carbocycles. The van der Waals surface area contributed by atoms with Crippen molar-refractivity contribution in [3.8, 4) is 0 Å². The average Bonchev–Trinajstić information content (AvgIpc) is 2.62. The summed E-state index contributed by atoms with van der Waals surface area (Å²) in [5.74, 6) is 1.64. The van der Waals surface area contributed by atoms with E-state index in [1.54, 1.807) is 0 Å². The molecule has 1 aliphatic carbocycles. The van der Waals surface area contributed by atoms with Crippen LogP contribution in [0.4, 0.5) is 0 Å². The zero-order valence-electron chi connectivity index (χ0n) is 9.22. The second kappa shape index (κ2) is 2.98. The van der Waals surface area contributed by atoms with Gasteiger partial charge >= 0.3 is 0 Å². The molecule has 15 heavy (non-hydrogen) atoms. The molecule has 3 nitrogen and oxygen atoms in total. The molecular formula is C11H18O3S. The minimum atomic E-state index is -2.78. The van der Waals surface area contributed by atoms with Crippen molar-refractivity contribution in [1.82, 2.24) is 0 Å². The molecule has 0 aromatic carbocycles. The Labute approximate surface area is 91.1 Å². The molecule has 3 aliphatic rings. The highest BCUT2D eigenvalue weighted by Gasteiger charge is 2.57. The molecule has 0 amide bonds. The van der Waals surface area contributed by atoms with Crippen molar-refractivity contribution in [2.24, 2.45) is 17.8 Å². The normalized spacial score (nSPS) is 56.7. The van der Waals surface area contributed by atoms with E-state index < -0.39 is 9.84 Å². The molecule has 6 atom stereocenters. The van der Waals surface area contributed by atoms with Crippen molar-refractivity contribution in [3.63, 3.8) is 0 Å². The third-order valence-electron chi connectivity index (χ3n) is 4.51. The van der Waals surface area contributed by atoms with Gasteiger partial charge in [0.2, 0.25) is 0 Å². The second-order valence-electron chi connectivity index (χ2n) is 5.47. The van der Waals surface area contributed by atoms with Crippen LogP contribution < -0.4 is 0 Å². The monoisotopic (exact) mass is 230 g/mol. The van der Waals surface area contributed by atoms with Crippen LogP contribution in [0.2, 0.25) is 0 Å². The lowest BCUT2D eigenvalue weighted by Crippen LogP contribution is -2.25. The number of epoxide rings is 1. The number of ether oxygens (including phenoxy) is 1. The van der Waals surface area contributed by atoms with Crippen LogP contribution in [-0.2, 0) is 14.6 Å². The summed E-state index contributed by atoms with van der Waals surface area (Å²) in [4.78, 5) is 0. The van der Waals surface area contributed by atoms with Gasteiger partial charge in [-0.15, -0.1) is 0 Å². The van der Waals surface area contributed by atoms with Gasteiger partial charge in [-0.25, -0.2) is 8.42 Å². The Hall–Kier alpha value is -0.0900. The van der Waals surface area contributed by atoms with Gasteiger partial charge in [0, 0.05) is 0 Å². The molecule has 4 heteroatoms. The van der Waals surface area contributed by atoms with Gasteiger partial charge in [-0.3, -0.25) is 0 Å². The number of sulfone groups is 1. The maximum Gasteiger partial charge on any atom is 0.153 e. The molecule has 3 fully saturated rings. The van der Waals surface area contributed by atoms with Crippen molar-refractivity contribution in [3.05, 3.63) is 0 Å². The highest BCUT2D eigenvalue weighted by Crippen LogP contribution is 2.52. The van der Waals surface area contributed by atoms with Gasteiger partial charge in [-0.05, 0) is 37.5 Å². The summed E-state index contributed by atoms with van der Waals surface area (Å²) in [6.07, 6.45) is 2.64. The Morgan fingerprint density at radius 1 is 1.20 bits per heavy atom. The number of fused-ring (bicyclic) bond motifs is 1. The van der Waals surface area contributed by atoms with E-state index in [0.717, 1.165) is 12.8 Å². The van der Waals surface area contributed by atoms with Crippen molar-refractivity contribution in [1.29, 1.82) is 0 Å². The fourth-order valence-corrected chi connectivity index (χ4v) is 6.43. The van der Waals surface area contributed by atoms with Crippen molar-refractivity contribution < 1.29 is 13.2 Å². The van der Waals surface area contributed by atoms with Crippen LogP contribution in [0.25, 0.3) is 0 Å². The first-order chi connectivity index (χ1) is 7.00. The molecule has 2 heterocycles. The molecule has 2 saturated heterocycles. The van der Waals surface area contributed by atoms with Crippen molar-refractivity contribution in [2.45, 2.75) is 44.1 Å². The lowest BCUT2D eigenvalue weighted by atomic mass is 9.90. The van der Waals surface area contributed by atoms with E-state index in [2.05, 4.69) is 13.8 Å². The number of hydrogen-bond acceptors (Lipinski definition) is 3. The first kappa shape index (κ1) is 10.1. The molecule has 0 bridgehead atoms. The summed E-state index contributed by atoms with van der Waals surface area (Å²) in [7, 11) is -2.78. The third-order valence-corrected chi connectivity index (χ3v) is 6.96. The fourth-order valence-electron chi connectivity index (χ4n) is 3.87. The Balaban J connectivity index is 1.87. The average molecular weight is 230 g/mol. The smallest absolute Gasteiger partial charge is 0.153 e. The third kappa shape index (κ3) is 1.37. The zero-order chi connectivity index (χ0) is 10.8. The van der Waals surface area contributed by atoms with E-state index in [1.165, 1.54) is 0 Å². The van der Waals surface area contributed by atoms with Gasteiger partial charge < -0.3 is 4.74 Å². The quantitative estimate of drug-likeness (QED) is 0.637. The van der Waals surface area contributed by atoms with Crippen LogP contribution >= 0.6 is 0 Å². The summed E-state index contributed by atoms with van der Waals surface area (Å²) in [6.45, 7) is 4.18. The lowest BCUT2D eigenvalue weighted by molar-refractivity contribution is 0.274. The molecule has 0 radical (unpaired) electrons. The zero-order valence-corrected chi connectivity index (χ0v) is 10.0. The van der Waals surface area contributed by atoms with Crippen LogP contribution in [0.3, 0.4) is 0 Å². The van der Waals surface area contributed by atoms with Crippen molar-refractivity contribution in [2.75, 3.05) is 5.75 Å². The van der Waals surface area contributed by atoms with Crippen LogP contribution in [0.15, 0.2) is 0 Å². The molecule has 0 aromatic rings. The van der Waals surface area contributed by atoms with Gasteiger partial charge in [-0.2, -0.15) is 0 Å². The molecule has 2 aliphatic heterocycles. The maximum absolute atomic E-state index is 11.9. The van der Waals surface area contributed by atoms with Gasteiger partial charge in [-0.1, -0.05) is 6.92 Å². The van der Waals surface area contributed by atoms with Crippen LogP contribution in [0.5, 0.6) is 0 Å². The minimum absolute atomic E-state index is 0.0566. The lowest BCUT2D eigenvalue weighted by Gasteiger charge is -2.15. The van der Waals surface area contributed by atoms with Gasteiger partial charge in [0.15, 0.2) is 9.84 Å². The molecule has 0 spiro atoms. The number of hydrogen-bond donors (Lipinski definition) is 0. The van der Waals surface area contributed by atoms with E-state index in [9.17, 15) is 8.42 Å². The molecule has 86 valence electrons. The molecule has 0 aromatic heterocycles. The van der Waals surface area contributed by atoms with Gasteiger partial charge in [0.1, 0.15) is 0 Å². The Morgan fingerprint density at radius 2 is 1.87 bits per heavy atom. The standard InChI is InChI=1S/C11H18O3S/c1-6-5-9(10-7(2)14-10)8-3-4-15(12,13)11(6)8/h6-11H,3-5H2,1-2H3. The van der Waals surface area contributed by atoms with E-state index in [1.807, 2.05) is 0 Å². The number of rotatable bonds is 1. The summed E-state index contributed by atoms with van der Waals surface area (Å²) < 4.78 is 29.3. The SMILES string of the molecule is CC1CC(C2OC2C)C2CCS(=O)(=O)C12. The predicted molar refractivity (Wildman–Crippen MR) is 57.3 cm³/mol. The van der Waals surface area contributed by atoms with Crippen LogP contribution in [-0.4, -0.2) is 31.6 Å². The minimum Gasteiger partial charge on any atom is -0.370 e. The van der Waals surface area contributed by atoms with Crippen molar-refractivity contribution >= 4 is 9.84 Å². The van der Waals surface area contributed by atoms with E-state index in [0.29, 0.717) is 35.7 Å². The van der Waals surface area contributed by atoms with E-state index >= 15 is 0 Å². The fraction of sp³-hybridized carbons (Fsp3) is 1.00. The maximum atomic E-state index is 11.9. The second-order valence-corrected chi connectivity index (χ2v) is 7.75. The highest BCUT2D eigenvalue weighted by atomic mass is 32.2.